The third-order valence-corrected chi connectivity index (χ3v) is 2.97. The molecule has 1 aliphatic rings. The van der Waals surface area contributed by atoms with Gasteiger partial charge in [-0.05, 0) is 18.9 Å². The van der Waals surface area contributed by atoms with Crippen LogP contribution < -0.4 is 5.32 Å². The number of ether oxygens (including phenoxy) is 1. The van der Waals surface area contributed by atoms with E-state index >= 15 is 0 Å². The smallest absolute Gasteiger partial charge is 0.280 e. The fraction of sp³-hybridized carbons (Fsp3) is 0.667. The van der Waals surface area contributed by atoms with Crippen molar-refractivity contribution in [3.8, 4) is 0 Å². The molecule has 1 N–H and O–H groups in total. The molecular weight excluding hydrogens is 256 g/mol. The molecule has 1 heterocycles. The molecule has 5 nitrogen and oxygen atoms in total. The zero-order valence-corrected chi connectivity index (χ0v) is 10.7. The molecule has 7 heteroatoms. The van der Waals surface area contributed by atoms with Crippen molar-refractivity contribution < 1.29 is 18.3 Å². The number of aromatic nitrogens is 2. The molecule has 1 saturated carbocycles. The van der Waals surface area contributed by atoms with E-state index in [9.17, 15) is 13.6 Å². The van der Waals surface area contributed by atoms with Crippen LogP contribution in [-0.4, -0.2) is 35.9 Å². The van der Waals surface area contributed by atoms with Gasteiger partial charge in [0.2, 0.25) is 5.91 Å². The first-order chi connectivity index (χ1) is 9.11. The van der Waals surface area contributed by atoms with Crippen molar-refractivity contribution in [2.24, 2.45) is 0 Å². The highest BCUT2D eigenvalue weighted by molar-refractivity contribution is 5.75. The molecule has 0 radical (unpaired) electrons. The van der Waals surface area contributed by atoms with Crippen LogP contribution in [0.5, 0.6) is 0 Å². The molecule has 0 atom stereocenters. The number of nitrogens with zero attached hydrogens (tertiary/aromatic N) is 2. The molecule has 0 saturated heterocycles. The molecule has 1 aromatic rings. The standard InChI is InChI=1S/C12H17F2N3O2/c1-19-5-4-15-11(18)7-17-10(12(13)14)6-9(16-17)8-2-3-8/h6,8,12H,2-5,7H2,1H3,(H,15,18). The summed E-state index contributed by atoms with van der Waals surface area (Å²) in [5.74, 6) is -0.0558. The van der Waals surface area contributed by atoms with Crippen LogP contribution >= 0.6 is 0 Å². The van der Waals surface area contributed by atoms with Crippen molar-refractivity contribution in [1.82, 2.24) is 15.1 Å². The van der Waals surface area contributed by atoms with E-state index in [1.807, 2.05) is 0 Å². The Morgan fingerprint density at radius 3 is 2.95 bits per heavy atom. The maximum Gasteiger partial charge on any atom is 0.280 e. The van der Waals surface area contributed by atoms with E-state index < -0.39 is 6.43 Å². The lowest BCUT2D eigenvalue weighted by molar-refractivity contribution is -0.122. The molecule has 2 rings (SSSR count). The molecule has 0 aromatic carbocycles. The van der Waals surface area contributed by atoms with Crippen LogP contribution in [0.15, 0.2) is 6.07 Å². The fourth-order valence-electron chi connectivity index (χ4n) is 1.82. The Balaban J connectivity index is 1.99. The minimum Gasteiger partial charge on any atom is -0.383 e. The van der Waals surface area contributed by atoms with Crippen molar-refractivity contribution in [2.75, 3.05) is 20.3 Å². The molecule has 1 aliphatic carbocycles. The number of carbonyl (C=O) groups is 1. The number of amides is 1. The molecule has 0 spiro atoms. The summed E-state index contributed by atoms with van der Waals surface area (Å²) in [6, 6.07) is 1.41. The summed E-state index contributed by atoms with van der Waals surface area (Å²) in [7, 11) is 1.52. The minimum absolute atomic E-state index is 0.184. The summed E-state index contributed by atoms with van der Waals surface area (Å²) in [6.07, 6.45) is -0.647. The van der Waals surface area contributed by atoms with Gasteiger partial charge in [0, 0.05) is 19.6 Å². The zero-order valence-electron chi connectivity index (χ0n) is 10.7. The van der Waals surface area contributed by atoms with Crippen molar-refractivity contribution in [2.45, 2.75) is 31.7 Å². The average molecular weight is 273 g/mol. The first kappa shape index (κ1) is 13.9. The van der Waals surface area contributed by atoms with Gasteiger partial charge in [-0.1, -0.05) is 0 Å². The second kappa shape index (κ2) is 6.10. The third kappa shape index (κ3) is 3.73. The Labute approximate surface area is 109 Å². The topological polar surface area (TPSA) is 56.1 Å². The van der Waals surface area contributed by atoms with Gasteiger partial charge in [-0.3, -0.25) is 9.48 Å². The van der Waals surface area contributed by atoms with Gasteiger partial charge in [0.25, 0.3) is 6.43 Å². The molecule has 1 fully saturated rings. The van der Waals surface area contributed by atoms with E-state index in [1.54, 1.807) is 0 Å². The SMILES string of the molecule is COCCNC(=O)Cn1nc(C2CC2)cc1C(F)F. The van der Waals surface area contributed by atoms with Crippen LogP contribution in [0.4, 0.5) is 8.78 Å². The Bertz CT molecular complexity index is 444. The van der Waals surface area contributed by atoms with Crippen LogP contribution in [0.3, 0.4) is 0 Å². The molecule has 19 heavy (non-hydrogen) atoms. The van der Waals surface area contributed by atoms with E-state index in [0.29, 0.717) is 18.8 Å². The largest absolute Gasteiger partial charge is 0.383 e. The lowest BCUT2D eigenvalue weighted by Crippen LogP contribution is -2.31. The van der Waals surface area contributed by atoms with Gasteiger partial charge >= 0.3 is 0 Å². The zero-order chi connectivity index (χ0) is 13.8. The number of halogens is 2. The van der Waals surface area contributed by atoms with E-state index in [2.05, 4.69) is 10.4 Å². The van der Waals surface area contributed by atoms with Gasteiger partial charge < -0.3 is 10.1 Å². The van der Waals surface area contributed by atoms with Gasteiger partial charge in [-0.25, -0.2) is 8.78 Å². The summed E-state index contributed by atoms with van der Waals surface area (Å²) in [5, 5.41) is 6.69. The average Bonchev–Trinajstić information content (AvgIpc) is 3.11. The van der Waals surface area contributed by atoms with E-state index in [0.717, 1.165) is 17.5 Å². The lowest BCUT2D eigenvalue weighted by atomic mass is 10.3. The number of hydrogen-bond donors (Lipinski definition) is 1. The molecule has 1 amide bonds. The molecule has 0 bridgehead atoms. The Morgan fingerprint density at radius 1 is 1.63 bits per heavy atom. The highest BCUT2D eigenvalue weighted by Crippen LogP contribution is 2.40. The van der Waals surface area contributed by atoms with Crippen LogP contribution in [0.2, 0.25) is 0 Å². The maximum absolute atomic E-state index is 12.9. The minimum atomic E-state index is -2.62. The van der Waals surface area contributed by atoms with E-state index in [4.69, 9.17) is 4.74 Å². The van der Waals surface area contributed by atoms with Gasteiger partial charge in [0.1, 0.15) is 12.2 Å². The van der Waals surface area contributed by atoms with Crippen LogP contribution in [0.25, 0.3) is 0 Å². The summed E-state index contributed by atoms with van der Waals surface area (Å²) in [5.41, 5.74) is 0.476. The highest BCUT2D eigenvalue weighted by atomic mass is 19.3. The Morgan fingerprint density at radius 2 is 2.37 bits per heavy atom. The number of hydrogen-bond acceptors (Lipinski definition) is 3. The van der Waals surface area contributed by atoms with Crippen molar-refractivity contribution in [3.05, 3.63) is 17.5 Å². The number of rotatable bonds is 7. The van der Waals surface area contributed by atoms with Gasteiger partial charge in [-0.15, -0.1) is 0 Å². The second-order valence-electron chi connectivity index (χ2n) is 4.57. The van der Waals surface area contributed by atoms with Crippen molar-refractivity contribution in [3.63, 3.8) is 0 Å². The Hall–Kier alpha value is -1.50. The molecule has 0 unspecified atom stereocenters. The molecular formula is C12H17F2N3O2. The normalized spacial score (nSPS) is 14.9. The van der Waals surface area contributed by atoms with Gasteiger partial charge in [0.05, 0.1) is 12.3 Å². The first-order valence-corrected chi connectivity index (χ1v) is 6.23. The number of methoxy groups -OCH3 is 1. The number of alkyl halides is 2. The molecule has 0 aliphatic heterocycles. The molecule has 1 aromatic heterocycles. The molecule has 106 valence electrons. The summed E-state index contributed by atoms with van der Waals surface area (Å²) >= 11 is 0. The van der Waals surface area contributed by atoms with E-state index in [-0.39, 0.29) is 24.1 Å². The predicted octanol–water partition coefficient (Wildman–Crippen LogP) is 1.46. The van der Waals surface area contributed by atoms with E-state index in [1.165, 1.54) is 13.2 Å². The maximum atomic E-state index is 12.9. The van der Waals surface area contributed by atoms with Crippen molar-refractivity contribution >= 4 is 5.91 Å². The third-order valence-electron chi connectivity index (χ3n) is 2.97. The quantitative estimate of drug-likeness (QED) is 0.765. The number of carbonyl (C=O) groups excluding carboxylic acids is 1. The van der Waals surface area contributed by atoms with Crippen LogP contribution in [-0.2, 0) is 16.1 Å². The summed E-state index contributed by atoms with van der Waals surface area (Å²) in [6.45, 7) is 0.562. The van der Waals surface area contributed by atoms with Gasteiger partial charge in [-0.2, -0.15) is 5.10 Å². The Kier molecular flexibility index (Phi) is 4.47. The monoisotopic (exact) mass is 273 g/mol. The predicted molar refractivity (Wildman–Crippen MR) is 64.0 cm³/mol. The fourth-order valence-corrected chi connectivity index (χ4v) is 1.82. The second-order valence-corrected chi connectivity index (χ2v) is 4.57. The van der Waals surface area contributed by atoms with Crippen LogP contribution in [0, 0.1) is 0 Å². The van der Waals surface area contributed by atoms with Crippen molar-refractivity contribution in [1.29, 1.82) is 0 Å². The summed E-state index contributed by atoms with van der Waals surface area (Å²) < 4.78 is 31.6. The highest BCUT2D eigenvalue weighted by Gasteiger charge is 2.29. The van der Waals surface area contributed by atoms with Crippen LogP contribution in [0.1, 0.15) is 36.6 Å². The number of nitrogens with one attached hydrogen (secondary N) is 1. The first-order valence-electron chi connectivity index (χ1n) is 6.23. The summed E-state index contributed by atoms with van der Waals surface area (Å²) in [4.78, 5) is 11.6. The van der Waals surface area contributed by atoms with Gasteiger partial charge in [0.15, 0.2) is 0 Å². The lowest BCUT2D eigenvalue weighted by Gasteiger charge is -2.07.